The number of Topliss-reactive ketones (excluding diaryl/α,β-unsaturated/α-hetero) is 1. The molecule has 3 rings (SSSR count). The number of imide groups is 1. The molecule has 4 amide bonds. The third-order valence-corrected chi connectivity index (χ3v) is 6.12. The van der Waals surface area contributed by atoms with Crippen LogP contribution in [0, 0.1) is 0 Å². The molecular weight excluding hydrogens is 512 g/mol. The van der Waals surface area contributed by atoms with E-state index in [1.165, 1.54) is 37.4 Å². The van der Waals surface area contributed by atoms with Crippen molar-refractivity contribution in [3.8, 4) is 0 Å². The molecule has 1 saturated heterocycles. The number of carbonyl (C=O) groups excluding carboxylic acids is 4. The lowest BCUT2D eigenvalue weighted by Crippen LogP contribution is -2.55. The minimum atomic E-state index is -2.00. The fraction of sp³-hybridized carbons (Fsp3) is 0.240. The van der Waals surface area contributed by atoms with Gasteiger partial charge < -0.3 is 27.1 Å². The van der Waals surface area contributed by atoms with Crippen molar-refractivity contribution in [3.05, 3.63) is 59.7 Å². The number of nitrogens with one attached hydrogen (secondary N) is 1. The van der Waals surface area contributed by atoms with Crippen LogP contribution in [0.1, 0.15) is 31.4 Å². The summed E-state index contributed by atoms with van der Waals surface area (Å²) in [5.74, 6) is -0.450. The number of anilines is 2. The van der Waals surface area contributed by atoms with Gasteiger partial charge in [0.2, 0.25) is 5.91 Å². The van der Waals surface area contributed by atoms with Crippen LogP contribution in [0.25, 0.3) is 0 Å². The first-order valence-corrected chi connectivity index (χ1v) is 11.5. The molecule has 0 spiro atoms. The van der Waals surface area contributed by atoms with Gasteiger partial charge in [-0.3, -0.25) is 24.1 Å². The molecule has 7 N–H and O–H groups in total. The van der Waals surface area contributed by atoms with Gasteiger partial charge in [-0.25, -0.2) is 14.5 Å². The molecule has 14 heteroatoms. The van der Waals surface area contributed by atoms with Crippen LogP contribution < -0.4 is 26.7 Å². The maximum absolute atomic E-state index is 13.5. The van der Waals surface area contributed by atoms with Gasteiger partial charge in [0.25, 0.3) is 5.91 Å². The van der Waals surface area contributed by atoms with E-state index in [9.17, 15) is 33.9 Å². The minimum absolute atomic E-state index is 0.0758. The summed E-state index contributed by atoms with van der Waals surface area (Å²) < 4.78 is 0. The highest BCUT2D eigenvalue weighted by Crippen LogP contribution is 2.34. The van der Waals surface area contributed by atoms with Crippen molar-refractivity contribution < 1.29 is 39.0 Å². The van der Waals surface area contributed by atoms with E-state index in [4.69, 9.17) is 16.7 Å². The fourth-order valence-electron chi connectivity index (χ4n) is 4.29. The van der Waals surface area contributed by atoms with Gasteiger partial charge in [-0.05, 0) is 43.7 Å². The van der Waals surface area contributed by atoms with E-state index >= 15 is 0 Å². The van der Waals surface area contributed by atoms with Gasteiger partial charge in [-0.15, -0.1) is 0 Å². The van der Waals surface area contributed by atoms with Crippen molar-refractivity contribution in [2.75, 3.05) is 9.80 Å². The van der Waals surface area contributed by atoms with Crippen molar-refractivity contribution in [2.45, 2.75) is 37.9 Å². The Balaban J connectivity index is 2.01. The second-order valence-corrected chi connectivity index (χ2v) is 8.84. The van der Waals surface area contributed by atoms with Crippen LogP contribution in [-0.4, -0.2) is 64.1 Å². The predicted molar refractivity (Wildman–Crippen MR) is 138 cm³/mol. The van der Waals surface area contributed by atoms with Crippen molar-refractivity contribution in [3.63, 3.8) is 0 Å². The van der Waals surface area contributed by atoms with Crippen molar-refractivity contribution >= 4 is 53.2 Å². The van der Waals surface area contributed by atoms with Crippen LogP contribution in [0.5, 0.6) is 0 Å². The molecule has 2 aromatic carbocycles. The van der Waals surface area contributed by atoms with Crippen LogP contribution in [0.3, 0.4) is 0 Å². The zero-order chi connectivity index (χ0) is 29.1. The number of carbonyl (C=O) groups is 6. The van der Waals surface area contributed by atoms with Crippen LogP contribution >= 0.6 is 0 Å². The summed E-state index contributed by atoms with van der Waals surface area (Å²) in [5.41, 5.74) is 5.09. The molecule has 1 heterocycles. The minimum Gasteiger partial charge on any atom is -0.481 e. The molecule has 0 aromatic heterocycles. The smallest absolute Gasteiger partial charge is 0.334 e. The lowest BCUT2D eigenvalue weighted by atomic mass is 9.88. The number of nitrogens with two attached hydrogens (primary N) is 2. The number of hydrogen-bond donors (Lipinski definition) is 5. The Kier molecular flexibility index (Phi) is 8.10. The SMILES string of the molecule is CC(=O)[C@H](C(=O)O)N(C(=O)[C@@H](N)CC(=O)O)c1ccc(N2C(=O)N[C@@](C)(c3ccccc3C=NN)C2=O)cc1. The van der Waals surface area contributed by atoms with Crippen LogP contribution in [0.15, 0.2) is 53.6 Å². The zero-order valence-corrected chi connectivity index (χ0v) is 20.9. The molecule has 14 nitrogen and oxygen atoms in total. The Morgan fingerprint density at radius 1 is 1.10 bits per heavy atom. The summed E-state index contributed by atoms with van der Waals surface area (Å²) in [7, 11) is 0. The van der Waals surface area contributed by atoms with E-state index in [1.54, 1.807) is 24.3 Å². The lowest BCUT2D eigenvalue weighted by molar-refractivity contribution is -0.143. The normalized spacial score (nSPS) is 18.5. The Bertz CT molecular complexity index is 1360. The number of carboxylic acids is 2. The zero-order valence-electron chi connectivity index (χ0n) is 20.9. The van der Waals surface area contributed by atoms with Gasteiger partial charge in [-0.1, -0.05) is 24.3 Å². The van der Waals surface area contributed by atoms with E-state index in [0.29, 0.717) is 16.0 Å². The number of aliphatic carboxylic acids is 2. The van der Waals surface area contributed by atoms with Gasteiger partial charge >= 0.3 is 18.0 Å². The fourth-order valence-corrected chi connectivity index (χ4v) is 4.29. The molecule has 1 aliphatic heterocycles. The topological polar surface area (TPSA) is 226 Å². The van der Waals surface area contributed by atoms with E-state index in [1.807, 2.05) is 0 Å². The van der Waals surface area contributed by atoms with Gasteiger partial charge in [0.15, 0.2) is 11.8 Å². The first-order valence-electron chi connectivity index (χ1n) is 11.5. The number of hydrazone groups is 1. The van der Waals surface area contributed by atoms with Crippen LogP contribution in [0.2, 0.25) is 0 Å². The third kappa shape index (κ3) is 5.45. The van der Waals surface area contributed by atoms with Crippen molar-refractivity contribution in [1.29, 1.82) is 0 Å². The predicted octanol–water partition coefficient (Wildman–Crippen LogP) is 0.128. The molecule has 2 aromatic rings. The molecule has 0 aliphatic carbocycles. The number of rotatable bonds is 10. The summed E-state index contributed by atoms with van der Waals surface area (Å²) in [6.45, 7) is 2.47. The monoisotopic (exact) mass is 538 g/mol. The van der Waals surface area contributed by atoms with Crippen LogP contribution in [0.4, 0.5) is 16.2 Å². The molecule has 0 bridgehead atoms. The number of ketones is 1. The number of nitrogens with zero attached hydrogens (tertiary/aromatic N) is 3. The Morgan fingerprint density at radius 2 is 1.72 bits per heavy atom. The summed E-state index contributed by atoms with van der Waals surface area (Å²) >= 11 is 0. The van der Waals surface area contributed by atoms with E-state index < -0.39 is 59.6 Å². The lowest BCUT2D eigenvalue weighted by Gasteiger charge is -2.30. The Hall–Kier alpha value is -5.11. The largest absolute Gasteiger partial charge is 0.481 e. The first kappa shape index (κ1) is 28.5. The molecule has 1 fully saturated rings. The van der Waals surface area contributed by atoms with Gasteiger partial charge in [0, 0.05) is 11.3 Å². The molecule has 0 radical (unpaired) electrons. The summed E-state index contributed by atoms with van der Waals surface area (Å²) in [6, 6.07) is 7.27. The Morgan fingerprint density at radius 3 is 2.26 bits per heavy atom. The number of hydrogen-bond acceptors (Lipinski definition) is 9. The highest BCUT2D eigenvalue weighted by atomic mass is 16.4. The third-order valence-electron chi connectivity index (χ3n) is 6.12. The Labute approximate surface area is 221 Å². The second kappa shape index (κ2) is 11.1. The van der Waals surface area contributed by atoms with E-state index in [-0.39, 0.29) is 11.4 Å². The summed E-state index contributed by atoms with van der Waals surface area (Å²) in [4.78, 5) is 75.9. The molecular formula is C25H26N6O8. The summed E-state index contributed by atoms with van der Waals surface area (Å²) in [6.07, 6.45) is 0.529. The molecule has 39 heavy (non-hydrogen) atoms. The highest BCUT2D eigenvalue weighted by molar-refractivity contribution is 6.23. The maximum atomic E-state index is 13.5. The average molecular weight is 539 g/mol. The van der Waals surface area contributed by atoms with Crippen molar-refractivity contribution in [1.82, 2.24) is 5.32 Å². The van der Waals surface area contributed by atoms with E-state index in [0.717, 1.165) is 11.8 Å². The first-order chi connectivity index (χ1) is 18.3. The van der Waals surface area contributed by atoms with Gasteiger partial charge in [-0.2, -0.15) is 5.10 Å². The van der Waals surface area contributed by atoms with Crippen molar-refractivity contribution in [2.24, 2.45) is 16.7 Å². The maximum Gasteiger partial charge on any atom is 0.334 e. The standard InChI is InChI=1S/C25H26N6O8/c1-13(32)20(22(36)37)30(21(35)18(26)11-19(33)34)15-7-9-16(10-8-15)31-23(38)25(2,29-24(31)39)17-6-4-3-5-14(17)12-28-27/h3-10,12,18,20H,11,26-27H2,1-2H3,(H,29,39)(H,33,34)(H,36,37)/t18-,20+,25-/m0/s1. The number of amides is 4. The highest BCUT2D eigenvalue weighted by Gasteiger charge is 2.50. The molecule has 204 valence electrons. The number of urea groups is 1. The molecule has 0 saturated carbocycles. The molecule has 0 unspecified atom stereocenters. The average Bonchev–Trinajstić information content (AvgIpc) is 3.10. The van der Waals surface area contributed by atoms with Crippen LogP contribution in [-0.2, 0) is 29.5 Å². The summed E-state index contributed by atoms with van der Waals surface area (Å²) in [5, 5.41) is 24.8. The molecule has 1 aliphatic rings. The molecule has 3 atom stereocenters. The van der Waals surface area contributed by atoms with E-state index in [2.05, 4.69) is 10.4 Å². The van der Waals surface area contributed by atoms with Gasteiger partial charge in [0.05, 0.1) is 24.4 Å². The second-order valence-electron chi connectivity index (χ2n) is 8.84. The quantitative estimate of drug-likeness (QED) is 0.0903. The van der Waals surface area contributed by atoms with Gasteiger partial charge in [0.1, 0.15) is 5.54 Å². The number of carboxylic acid groups (broad SMARTS) is 2. The number of benzene rings is 2.